The van der Waals surface area contributed by atoms with Crippen LogP contribution in [0.2, 0.25) is 0 Å². The fourth-order valence-electron chi connectivity index (χ4n) is 3.98. The average molecular weight is 383 g/mol. The predicted molar refractivity (Wildman–Crippen MR) is 111 cm³/mol. The number of pyridine rings is 1. The molecule has 0 aromatic carbocycles. The number of Topliss-reactive ketones (excluding diaryl/α,β-unsaturated/α-hetero) is 1. The van der Waals surface area contributed by atoms with Crippen LogP contribution in [-0.2, 0) is 13.0 Å². The van der Waals surface area contributed by atoms with Crippen molar-refractivity contribution in [2.75, 3.05) is 18.0 Å². The van der Waals surface area contributed by atoms with Crippen molar-refractivity contribution < 1.29 is 9.59 Å². The Balaban J connectivity index is 1.72. The van der Waals surface area contributed by atoms with Crippen molar-refractivity contribution >= 4 is 17.5 Å². The van der Waals surface area contributed by atoms with Crippen LogP contribution in [0, 0.1) is 6.92 Å². The minimum absolute atomic E-state index is 0.00319. The maximum absolute atomic E-state index is 12.8. The van der Waals surface area contributed by atoms with E-state index in [0.29, 0.717) is 24.2 Å². The lowest BCUT2D eigenvalue weighted by molar-refractivity contribution is 0.0945. The molecule has 6 nitrogen and oxygen atoms in total. The van der Waals surface area contributed by atoms with Gasteiger partial charge in [0.25, 0.3) is 5.91 Å². The van der Waals surface area contributed by atoms with E-state index in [1.54, 1.807) is 13.1 Å². The van der Waals surface area contributed by atoms with E-state index in [1.165, 1.54) is 19.3 Å². The molecule has 6 heteroatoms. The highest BCUT2D eigenvalue weighted by Crippen LogP contribution is 2.22. The Hall–Kier alpha value is -2.63. The summed E-state index contributed by atoms with van der Waals surface area (Å²) in [5, 5.41) is 3.00. The Morgan fingerprint density at radius 1 is 1.25 bits per heavy atom. The molecule has 3 rings (SSSR count). The summed E-state index contributed by atoms with van der Waals surface area (Å²) in [5.41, 5.74) is 3.78. The highest BCUT2D eigenvalue weighted by Gasteiger charge is 2.22. The number of nitrogens with one attached hydrogen (secondary N) is 2. The Bertz CT molecular complexity index is 850. The number of amides is 1. The van der Waals surface area contributed by atoms with Crippen LogP contribution < -0.4 is 10.2 Å². The number of hydrogen-bond acceptors (Lipinski definition) is 4. The Morgan fingerprint density at radius 2 is 2.00 bits per heavy atom. The van der Waals surface area contributed by atoms with Crippen molar-refractivity contribution in [3.8, 4) is 0 Å². The normalized spacial score (nSPS) is 14.2. The zero-order valence-corrected chi connectivity index (χ0v) is 17.1. The van der Waals surface area contributed by atoms with Gasteiger partial charge in [-0.1, -0.05) is 13.3 Å². The van der Waals surface area contributed by atoms with E-state index >= 15 is 0 Å². The lowest BCUT2D eigenvalue weighted by atomic mass is 10.0. The molecule has 150 valence electrons. The van der Waals surface area contributed by atoms with Gasteiger partial charge in [0.05, 0.1) is 0 Å². The van der Waals surface area contributed by atoms with E-state index in [4.69, 9.17) is 0 Å². The van der Waals surface area contributed by atoms with Gasteiger partial charge in [-0.15, -0.1) is 0 Å². The molecule has 1 amide bonds. The molecule has 0 bridgehead atoms. The van der Waals surface area contributed by atoms with Gasteiger partial charge in [0.1, 0.15) is 11.5 Å². The number of carbonyl (C=O) groups is 2. The molecule has 2 aromatic rings. The van der Waals surface area contributed by atoms with Crippen molar-refractivity contribution in [2.24, 2.45) is 0 Å². The second-order valence-corrected chi connectivity index (χ2v) is 7.54. The number of aryl methyl sites for hydroxylation is 1. The van der Waals surface area contributed by atoms with E-state index in [2.05, 4.69) is 26.3 Å². The second-order valence-electron chi connectivity index (χ2n) is 7.54. The van der Waals surface area contributed by atoms with Crippen molar-refractivity contribution in [3.05, 3.63) is 46.4 Å². The number of piperidine rings is 1. The van der Waals surface area contributed by atoms with Gasteiger partial charge in [0.15, 0.2) is 5.78 Å². The number of anilines is 1. The summed E-state index contributed by atoms with van der Waals surface area (Å²) >= 11 is 0. The van der Waals surface area contributed by atoms with Crippen LogP contribution in [0.5, 0.6) is 0 Å². The molecule has 0 saturated carbocycles. The molecule has 0 radical (unpaired) electrons. The van der Waals surface area contributed by atoms with Crippen molar-refractivity contribution in [1.82, 2.24) is 15.3 Å². The third-order valence-electron chi connectivity index (χ3n) is 5.31. The third-order valence-corrected chi connectivity index (χ3v) is 5.31. The summed E-state index contributed by atoms with van der Waals surface area (Å²) in [4.78, 5) is 34.7. The summed E-state index contributed by atoms with van der Waals surface area (Å²) < 4.78 is 0. The highest BCUT2D eigenvalue weighted by molar-refractivity contribution is 6.02. The lowest BCUT2D eigenvalue weighted by Crippen LogP contribution is -2.30. The standard InChI is InChI=1S/C22H30N4O2/c1-4-8-18-20(16(3)27)15(2)25-21(18)22(28)24-14-17-9-10-23-19(13-17)26-11-6-5-7-12-26/h9-10,13,25H,4-8,11-12,14H2,1-3H3,(H,24,28). The van der Waals surface area contributed by atoms with Gasteiger partial charge in [-0.05, 0) is 62.8 Å². The number of hydrogen-bond donors (Lipinski definition) is 2. The topological polar surface area (TPSA) is 78.1 Å². The number of nitrogens with zero attached hydrogens (tertiary/aromatic N) is 2. The number of aromatic amines is 1. The highest BCUT2D eigenvalue weighted by atomic mass is 16.2. The second kappa shape index (κ2) is 9.04. The first-order valence-electron chi connectivity index (χ1n) is 10.2. The minimum Gasteiger partial charge on any atom is -0.357 e. The Kier molecular flexibility index (Phi) is 6.49. The molecule has 28 heavy (non-hydrogen) atoms. The fraction of sp³-hybridized carbons (Fsp3) is 0.500. The molecule has 1 aliphatic heterocycles. The number of ketones is 1. The van der Waals surface area contributed by atoms with Gasteiger partial charge in [0.2, 0.25) is 0 Å². The third kappa shape index (κ3) is 4.43. The van der Waals surface area contributed by atoms with E-state index < -0.39 is 0 Å². The van der Waals surface area contributed by atoms with Crippen molar-refractivity contribution in [3.63, 3.8) is 0 Å². The maximum atomic E-state index is 12.8. The minimum atomic E-state index is -0.171. The molecule has 2 aromatic heterocycles. The van der Waals surface area contributed by atoms with Crippen LogP contribution in [-0.4, -0.2) is 34.7 Å². The van der Waals surface area contributed by atoms with Crippen LogP contribution >= 0.6 is 0 Å². The molecule has 3 heterocycles. The van der Waals surface area contributed by atoms with Gasteiger partial charge in [-0.25, -0.2) is 4.98 Å². The summed E-state index contributed by atoms with van der Waals surface area (Å²) in [6.07, 6.45) is 7.07. The van der Waals surface area contributed by atoms with E-state index in [9.17, 15) is 9.59 Å². The largest absolute Gasteiger partial charge is 0.357 e. The zero-order chi connectivity index (χ0) is 20.1. The zero-order valence-electron chi connectivity index (χ0n) is 17.1. The van der Waals surface area contributed by atoms with Gasteiger partial charge in [-0.2, -0.15) is 0 Å². The van der Waals surface area contributed by atoms with Crippen LogP contribution in [0.1, 0.15) is 77.2 Å². The fourth-order valence-corrected chi connectivity index (χ4v) is 3.98. The molecule has 0 unspecified atom stereocenters. The molecule has 0 spiro atoms. The van der Waals surface area contributed by atoms with Gasteiger partial charge < -0.3 is 15.2 Å². The van der Waals surface area contributed by atoms with Gasteiger partial charge >= 0.3 is 0 Å². The molecular weight excluding hydrogens is 352 g/mol. The first-order valence-corrected chi connectivity index (χ1v) is 10.2. The van der Waals surface area contributed by atoms with Crippen molar-refractivity contribution in [1.29, 1.82) is 0 Å². The molecule has 1 saturated heterocycles. The quantitative estimate of drug-likeness (QED) is 0.714. The van der Waals surface area contributed by atoms with E-state index in [-0.39, 0.29) is 11.7 Å². The van der Waals surface area contributed by atoms with Crippen LogP contribution in [0.25, 0.3) is 0 Å². The van der Waals surface area contributed by atoms with Gasteiger partial charge in [-0.3, -0.25) is 9.59 Å². The van der Waals surface area contributed by atoms with E-state index in [0.717, 1.165) is 42.1 Å². The summed E-state index contributed by atoms with van der Waals surface area (Å²) in [5.74, 6) is 0.805. The first-order chi connectivity index (χ1) is 13.5. The summed E-state index contributed by atoms with van der Waals surface area (Å²) in [7, 11) is 0. The van der Waals surface area contributed by atoms with E-state index in [1.807, 2.05) is 19.9 Å². The molecule has 1 aliphatic rings. The number of H-pyrrole nitrogens is 1. The SMILES string of the molecule is CCCc1c(C(=O)NCc2ccnc(N3CCCCC3)c2)[nH]c(C)c1C(C)=O. The molecular formula is C22H30N4O2. The van der Waals surface area contributed by atoms with Crippen LogP contribution in [0.3, 0.4) is 0 Å². The smallest absolute Gasteiger partial charge is 0.268 e. The summed E-state index contributed by atoms with van der Waals surface area (Å²) in [6, 6.07) is 3.99. The van der Waals surface area contributed by atoms with Gasteiger partial charge in [0, 0.05) is 37.1 Å². The molecule has 0 atom stereocenters. The number of carbonyl (C=O) groups excluding carboxylic acids is 2. The van der Waals surface area contributed by atoms with Crippen LogP contribution in [0.4, 0.5) is 5.82 Å². The molecule has 0 aliphatic carbocycles. The number of rotatable bonds is 7. The lowest BCUT2D eigenvalue weighted by Gasteiger charge is -2.27. The van der Waals surface area contributed by atoms with Crippen LogP contribution in [0.15, 0.2) is 18.3 Å². The summed E-state index contributed by atoms with van der Waals surface area (Å²) in [6.45, 7) is 7.96. The molecule has 1 fully saturated rings. The Morgan fingerprint density at radius 3 is 2.68 bits per heavy atom. The monoisotopic (exact) mass is 382 g/mol. The average Bonchev–Trinajstić information content (AvgIpc) is 3.03. The first kappa shape index (κ1) is 20.1. The number of aromatic nitrogens is 2. The molecule has 2 N–H and O–H groups in total. The van der Waals surface area contributed by atoms with Crippen molar-refractivity contribution in [2.45, 2.75) is 59.4 Å². The predicted octanol–water partition coefficient (Wildman–Crippen LogP) is 3.79. The Labute approximate surface area is 166 Å². The maximum Gasteiger partial charge on any atom is 0.268 e.